The van der Waals surface area contributed by atoms with Gasteiger partial charge in [0.15, 0.2) is 6.61 Å². The second kappa shape index (κ2) is 7.78. The molecule has 2 rings (SSSR count). The van der Waals surface area contributed by atoms with Crippen molar-refractivity contribution in [2.24, 2.45) is 0 Å². The molecule has 0 saturated heterocycles. The topological polar surface area (TPSA) is 81.4 Å². The van der Waals surface area contributed by atoms with Gasteiger partial charge < -0.3 is 15.8 Å². The second-order valence-electron chi connectivity index (χ2n) is 5.01. The van der Waals surface area contributed by atoms with Crippen LogP contribution in [0.15, 0.2) is 53.0 Å². The van der Waals surface area contributed by atoms with Gasteiger partial charge in [0, 0.05) is 10.2 Å². The maximum absolute atomic E-state index is 12.0. The Kier molecular flexibility index (Phi) is 5.76. The summed E-state index contributed by atoms with van der Waals surface area (Å²) in [4.78, 5) is 23.9. The van der Waals surface area contributed by atoms with Gasteiger partial charge in [0.25, 0.3) is 5.91 Å². The molecule has 0 unspecified atom stereocenters. The lowest BCUT2D eigenvalue weighted by Gasteiger charge is -2.14. The van der Waals surface area contributed by atoms with Crippen LogP contribution in [0.1, 0.15) is 28.9 Å². The van der Waals surface area contributed by atoms with E-state index >= 15 is 0 Å². The van der Waals surface area contributed by atoms with E-state index in [9.17, 15) is 9.59 Å². The number of nitrogens with two attached hydrogens (primary N) is 1. The van der Waals surface area contributed by atoms with Gasteiger partial charge in [-0.25, -0.2) is 4.79 Å². The zero-order chi connectivity index (χ0) is 16.8. The number of carbonyl (C=O) groups excluding carboxylic acids is 2. The van der Waals surface area contributed by atoms with Crippen LogP contribution in [-0.4, -0.2) is 18.5 Å². The van der Waals surface area contributed by atoms with E-state index in [4.69, 9.17) is 10.5 Å². The third-order valence-corrected chi connectivity index (χ3v) is 3.74. The molecule has 1 atom stereocenters. The molecule has 1 amide bonds. The lowest BCUT2D eigenvalue weighted by atomic mass is 10.1. The number of anilines is 1. The minimum absolute atomic E-state index is 0.168. The normalized spacial score (nSPS) is 11.6. The fourth-order valence-electron chi connectivity index (χ4n) is 2.02. The largest absolute Gasteiger partial charge is 0.452 e. The van der Waals surface area contributed by atoms with Crippen LogP contribution in [0.2, 0.25) is 0 Å². The molecule has 2 aromatic rings. The number of amides is 1. The summed E-state index contributed by atoms with van der Waals surface area (Å²) in [5.41, 5.74) is 7.23. The van der Waals surface area contributed by atoms with E-state index in [0.717, 1.165) is 5.56 Å². The molecule has 3 N–H and O–H groups in total. The van der Waals surface area contributed by atoms with Crippen LogP contribution in [0.5, 0.6) is 0 Å². The fourth-order valence-corrected chi connectivity index (χ4v) is 2.38. The molecular formula is C17H17BrN2O3. The third kappa shape index (κ3) is 4.82. The van der Waals surface area contributed by atoms with Gasteiger partial charge in [0.05, 0.1) is 11.6 Å². The minimum atomic E-state index is -0.633. The number of nitrogen functional groups attached to an aromatic ring is 1. The Morgan fingerprint density at radius 1 is 1.22 bits per heavy atom. The Balaban J connectivity index is 1.89. The van der Waals surface area contributed by atoms with Crippen LogP contribution in [0.4, 0.5) is 5.69 Å². The molecule has 2 aromatic carbocycles. The second-order valence-corrected chi connectivity index (χ2v) is 5.92. The molecule has 0 saturated carbocycles. The standard InChI is InChI=1S/C17H17BrN2O3/c1-11(12-5-3-2-4-6-12)20-16(21)10-23-17(22)14-9-13(18)7-8-15(14)19/h2-9,11H,10,19H2,1H3,(H,20,21)/t11-/m1/s1. The average Bonchev–Trinajstić information content (AvgIpc) is 2.55. The lowest BCUT2D eigenvalue weighted by molar-refractivity contribution is -0.124. The van der Waals surface area contributed by atoms with Crippen molar-refractivity contribution in [3.8, 4) is 0 Å². The minimum Gasteiger partial charge on any atom is -0.452 e. The molecule has 120 valence electrons. The highest BCUT2D eigenvalue weighted by molar-refractivity contribution is 9.10. The highest BCUT2D eigenvalue weighted by Crippen LogP contribution is 2.19. The van der Waals surface area contributed by atoms with Crippen LogP contribution in [0.25, 0.3) is 0 Å². The molecule has 0 aromatic heterocycles. The molecule has 0 bridgehead atoms. The summed E-state index contributed by atoms with van der Waals surface area (Å²) in [6.45, 7) is 1.50. The molecular weight excluding hydrogens is 360 g/mol. The lowest BCUT2D eigenvalue weighted by Crippen LogP contribution is -2.31. The molecule has 0 radical (unpaired) electrons. The molecule has 5 nitrogen and oxygen atoms in total. The Hall–Kier alpha value is -2.34. The van der Waals surface area contributed by atoms with E-state index in [1.54, 1.807) is 18.2 Å². The maximum atomic E-state index is 12.0. The van der Waals surface area contributed by atoms with Gasteiger partial charge in [0.2, 0.25) is 0 Å². The monoisotopic (exact) mass is 376 g/mol. The third-order valence-electron chi connectivity index (χ3n) is 3.25. The number of benzene rings is 2. The Morgan fingerprint density at radius 2 is 1.91 bits per heavy atom. The number of carbonyl (C=O) groups is 2. The quantitative estimate of drug-likeness (QED) is 0.620. The van der Waals surface area contributed by atoms with Crippen LogP contribution in [-0.2, 0) is 9.53 Å². The molecule has 0 aliphatic heterocycles. The first-order chi connectivity index (χ1) is 11.0. The zero-order valence-corrected chi connectivity index (χ0v) is 14.2. The van der Waals surface area contributed by atoms with Gasteiger partial charge in [-0.05, 0) is 30.7 Å². The number of esters is 1. The van der Waals surface area contributed by atoms with Crippen LogP contribution < -0.4 is 11.1 Å². The van der Waals surface area contributed by atoms with E-state index in [0.29, 0.717) is 10.2 Å². The number of hydrogen-bond acceptors (Lipinski definition) is 4. The summed E-state index contributed by atoms with van der Waals surface area (Å²) in [7, 11) is 0. The van der Waals surface area contributed by atoms with E-state index in [-0.39, 0.29) is 24.1 Å². The van der Waals surface area contributed by atoms with Crippen molar-refractivity contribution in [3.05, 3.63) is 64.1 Å². The van der Waals surface area contributed by atoms with Gasteiger partial charge in [-0.2, -0.15) is 0 Å². The molecule has 0 fully saturated rings. The predicted molar refractivity (Wildman–Crippen MR) is 91.8 cm³/mol. The fraction of sp³-hybridized carbons (Fsp3) is 0.176. The smallest absolute Gasteiger partial charge is 0.340 e. The van der Waals surface area contributed by atoms with Crippen molar-refractivity contribution in [2.75, 3.05) is 12.3 Å². The molecule has 0 heterocycles. The highest BCUT2D eigenvalue weighted by Gasteiger charge is 2.15. The Morgan fingerprint density at radius 3 is 2.61 bits per heavy atom. The first-order valence-electron chi connectivity index (χ1n) is 7.04. The maximum Gasteiger partial charge on any atom is 0.340 e. The van der Waals surface area contributed by atoms with Gasteiger partial charge in [0.1, 0.15) is 0 Å². The number of ether oxygens (including phenoxy) is 1. The van der Waals surface area contributed by atoms with Crippen molar-refractivity contribution in [2.45, 2.75) is 13.0 Å². The number of nitrogens with one attached hydrogen (secondary N) is 1. The summed E-state index contributed by atoms with van der Waals surface area (Å²) in [5.74, 6) is -1.01. The molecule has 6 heteroatoms. The van der Waals surface area contributed by atoms with Crippen molar-refractivity contribution in [1.82, 2.24) is 5.32 Å². The first-order valence-corrected chi connectivity index (χ1v) is 7.83. The molecule has 0 aliphatic carbocycles. The van der Waals surface area contributed by atoms with Crippen LogP contribution in [0.3, 0.4) is 0 Å². The number of rotatable bonds is 5. The van der Waals surface area contributed by atoms with E-state index < -0.39 is 5.97 Å². The van der Waals surface area contributed by atoms with E-state index in [2.05, 4.69) is 21.2 Å². The number of hydrogen-bond donors (Lipinski definition) is 2. The van der Waals surface area contributed by atoms with Crippen LogP contribution in [0, 0.1) is 0 Å². The summed E-state index contributed by atoms with van der Waals surface area (Å²) < 4.78 is 5.72. The van der Waals surface area contributed by atoms with Gasteiger partial charge in [-0.15, -0.1) is 0 Å². The van der Waals surface area contributed by atoms with Crippen molar-refractivity contribution >= 4 is 33.5 Å². The van der Waals surface area contributed by atoms with Gasteiger partial charge >= 0.3 is 5.97 Å². The van der Waals surface area contributed by atoms with Crippen molar-refractivity contribution in [3.63, 3.8) is 0 Å². The van der Waals surface area contributed by atoms with Gasteiger partial charge in [-0.3, -0.25) is 4.79 Å². The van der Waals surface area contributed by atoms with E-state index in [1.165, 1.54) is 0 Å². The molecule has 0 spiro atoms. The number of halogens is 1. The van der Waals surface area contributed by atoms with Gasteiger partial charge in [-0.1, -0.05) is 46.3 Å². The Bertz CT molecular complexity index is 704. The average molecular weight is 377 g/mol. The summed E-state index contributed by atoms with van der Waals surface area (Å²) in [5, 5.41) is 2.77. The highest BCUT2D eigenvalue weighted by atomic mass is 79.9. The summed E-state index contributed by atoms with van der Waals surface area (Å²) in [6.07, 6.45) is 0. The van der Waals surface area contributed by atoms with Crippen molar-refractivity contribution < 1.29 is 14.3 Å². The molecule has 23 heavy (non-hydrogen) atoms. The first kappa shape index (κ1) is 17.0. The SMILES string of the molecule is C[C@@H](NC(=O)COC(=O)c1cc(Br)ccc1N)c1ccccc1. The van der Waals surface area contributed by atoms with Crippen LogP contribution >= 0.6 is 15.9 Å². The van der Waals surface area contributed by atoms with E-state index in [1.807, 2.05) is 37.3 Å². The Labute approximate surface area is 143 Å². The zero-order valence-electron chi connectivity index (χ0n) is 12.6. The van der Waals surface area contributed by atoms with Crippen molar-refractivity contribution in [1.29, 1.82) is 0 Å². The molecule has 0 aliphatic rings. The summed E-state index contributed by atoms with van der Waals surface area (Å²) >= 11 is 3.26. The summed E-state index contributed by atoms with van der Waals surface area (Å²) in [6, 6.07) is 14.2. The predicted octanol–water partition coefficient (Wildman–Crippen LogP) is 3.07.